The molecule has 28 heavy (non-hydrogen) atoms. The van der Waals surface area contributed by atoms with E-state index in [4.69, 9.17) is 4.99 Å². The standard InChI is InChI=1S/C26H23NS/c1-3-10-19(11-4-1)18-21-14-9-15-22-25(21)27-23-16-7-8-17-24(23)28-26(22)20-12-5-2-6-13-20/h1-8,10-13,16-18,22,26H,9,14-15H2/b21-18-/t22-,26+/m1/s1. The number of thioether (sulfide) groups is 1. The molecule has 1 saturated carbocycles. The lowest BCUT2D eigenvalue weighted by atomic mass is 9.79. The highest BCUT2D eigenvalue weighted by molar-refractivity contribution is 7.99. The van der Waals surface area contributed by atoms with Crippen LogP contribution < -0.4 is 0 Å². The Morgan fingerprint density at radius 1 is 0.821 bits per heavy atom. The molecule has 0 aromatic heterocycles. The molecule has 2 atom stereocenters. The average Bonchev–Trinajstić information content (AvgIpc) is 2.93. The number of benzene rings is 3. The normalized spacial score (nSPS) is 22.7. The maximum atomic E-state index is 5.24. The molecule has 1 fully saturated rings. The highest BCUT2D eigenvalue weighted by Gasteiger charge is 2.35. The highest BCUT2D eigenvalue weighted by Crippen LogP contribution is 2.51. The number of hydrogen-bond acceptors (Lipinski definition) is 2. The maximum absolute atomic E-state index is 5.24. The van der Waals surface area contributed by atoms with Crippen LogP contribution in [0.15, 0.2) is 100 Å². The minimum Gasteiger partial charge on any atom is -0.252 e. The summed E-state index contributed by atoms with van der Waals surface area (Å²) in [7, 11) is 0. The van der Waals surface area contributed by atoms with E-state index < -0.39 is 0 Å². The molecule has 3 aromatic rings. The van der Waals surface area contributed by atoms with E-state index in [1.54, 1.807) is 0 Å². The van der Waals surface area contributed by atoms with Crippen molar-refractivity contribution in [2.24, 2.45) is 10.9 Å². The molecule has 0 saturated heterocycles. The molecule has 1 heterocycles. The summed E-state index contributed by atoms with van der Waals surface area (Å²) in [6, 6.07) is 30.3. The predicted octanol–water partition coefficient (Wildman–Crippen LogP) is 7.49. The smallest absolute Gasteiger partial charge is 0.0769 e. The van der Waals surface area contributed by atoms with Crippen molar-refractivity contribution in [3.8, 4) is 0 Å². The molecule has 2 aliphatic rings. The Hall–Kier alpha value is -2.58. The molecule has 5 rings (SSSR count). The number of nitrogens with zero attached hydrogens (tertiary/aromatic N) is 1. The van der Waals surface area contributed by atoms with Crippen LogP contribution in [0.1, 0.15) is 35.6 Å². The molecule has 3 aromatic carbocycles. The van der Waals surface area contributed by atoms with Crippen LogP contribution in [0.3, 0.4) is 0 Å². The van der Waals surface area contributed by atoms with Gasteiger partial charge in [0.15, 0.2) is 0 Å². The fourth-order valence-electron chi connectivity index (χ4n) is 4.30. The molecule has 1 aliphatic carbocycles. The van der Waals surface area contributed by atoms with Gasteiger partial charge >= 0.3 is 0 Å². The minimum atomic E-state index is 0.406. The molecule has 1 nitrogen and oxygen atoms in total. The van der Waals surface area contributed by atoms with Crippen LogP contribution >= 0.6 is 11.8 Å². The monoisotopic (exact) mass is 381 g/mol. The van der Waals surface area contributed by atoms with Crippen LogP contribution in [0.5, 0.6) is 0 Å². The van der Waals surface area contributed by atoms with E-state index in [1.807, 2.05) is 11.8 Å². The van der Waals surface area contributed by atoms with Gasteiger partial charge in [0.05, 0.1) is 5.69 Å². The van der Waals surface area contributed by atoms with E-state index in [9.17, 15) is 0 Å². The van der Waals surface area contributed by atoms with Crippen LogP contribution in [-0.2, 0) is 0 Å². The van der Waals surface area contributed by atoms with Crippen molar-refractivity contribution in [3.63, 3.8) is 0 Å². The second-order valence-electron chi connectivity index (χ2n) is 7.49. The third-order valence-corrected chi connectivity index (χ3v) is 7.09. The summed E-state index contributed by atoms with van der Waals surface area (Å²) in [6.45, 7) is 0. The maximum Gasteiger partial charge on any atom is 0.0769 e. The van der Waals surface area contributed by atoms with Gasteiger partial charge in [-0.15, -0.1) is 11.8 Å². The van der Waals surface area contributed by atoms with Crippen molar-refractivity contribution < 1.29 is 0 Å². The molecular formula is C26H23NS. The molecule has 0 amide bonds. The van der Waals surface area contributed by atoms with Gasteiger partial charge < -0.3 is 0 Å². The second-order valence-corrected chi connectivity index (χ2v) is 8.68. The molecule has 2 heteroatoms. The van der Waals surface area contributed by atoms with Crippen LogP contribution in [-0.4, -0.2) is 5.71 Å². The summed E-state index contributed by atoms with van der Waals surface area (Å²) in [5, 5.41) is 0.406. The van der Waals surface area contributed by atoms with E-state index in [0.29, 0.717) is 11.2 Å². The van der Waals surface area contributed by atoms with Crippen molar-refractivity contribution in [3.05, 3.63) is 102 Å². The summed E-state index contributed by atoms with van der Waals surface area (Å²) in [4.78, 5) is 6.53. The Morgan fingerprint density at radius 3 is 2.36 bits per heavy atom. The summed E-state index contributed by atoms with van der Waals surface area (Å²) in [6.07, 6.45) is 5.89. The average molecular weight is 382 g/mol. The number of allylic oxidation sites excluding steroid dienone is 1. The van der Waals surface area contributed by atoms with Crippen LogP contribution in [0.25, 0.3) is 6.08 Å². The predicted molar refractivity (Wildman–Crippen MR) is 120 cm³/mol. The van der Waals surface area contributed by atoms with Crippen molar-refractivity contribution in [1.29, 1.82) is 0 Å². The van der Waals surface area contributed by atoms with Gasteiger partial charge in [-0.1, -0.05) is 72.8 Å². The Morgan fingerprint density at radius 2 is 1.54 bits per heavy atom. The molecule has 0 radical (unpaired) electrons. The zero-order valence-corrected chi connectivity index (χ0v) is 16.6. The van der Waals surface area contributed by atoms with Gasteiger partial charge in [0.25, 0.3) is 0 Å². The first-order valence-electron chi connectivity index (χ1n) is 10.0. The Balaban J connectivity index is 1.64. The summed E-state index contributed by atoms with van der Waals surface area (Å²) < 4.78 is 0. The van der Waals surface area contributed by atoms with Crippen molar-refractivity contribution in [2.45, 2.75) is 29.4 Å². The van der Waals surface area contributed by atoms with Crippen LogP contribution in [0.4, 0.5) is 5.69 Å². The van der Waals surface area contributed by atoms with Crippen molar-refractivity contribution in [1.82, 2.24) is 0 Å². The molecular weight excluding hydrogens is 358 g/mol. The first-order valence-corrected chi connectivity index (χ1v) is 10.9. The zero-order chi connectivity index (χ0) is 18.8. The zero-order valence-electron chi connectivity index (χ0n) is 15.8. The SMILES string of the molecule is C(=C1\CCC[C@@H]2C1=Nc1ccccc1S[C@H]2c1ccccc1)/c1ccccc1. The molecule has 0 bridgehead atoms. The number of rotatable bonds is 2. The molecule has 138 valence electrons. The largest absolute Gasteiger partial charge is 0.252 e. The first-order chi connectivity index (χ1) is 13.9. The molecule has 0 N–H and O–H groups in total. The van der Waals surface area contributed by atoms with E-state index in [2.05, 4.69) is 91.0 Å². The van der Waals surface area contributed by atoms with E-state index in [1.165, 1.54) is 40.1 Å². The van der Waals surface area contributed by atoms with E-state index in [0.717, 1.165) is 12.1 Å². The molecule has 0 unspecified atom stereocenters. The van der Waals surface area contributed by atoms with Gasteiger partial charge in [0.1, 0.15) is 0 Å². The highest BCUT2D eigenvalue weighted by atomic mass is 32.2. The van der Waals surface area contributed by atoms with E-state index in [-0.39, 0.29) is 0 Å². The Bertz CT molecular complexity index is 1020. The third-order valence-electron chi connectivity index (χ3n) is 5.64. The second kappa shape index (κ2) is 7.81. The lowest BCUT2D eigenvalue weighted by molar-refractivity contribution is 0.555. The number of hydrogen-bond donors (Lipinski definition) is 0. The summed E-state index contributed by atoms with van der Waals surface area (Å²) in [5.41, 5.74) is 6.49. The van der Waals surface area contributed by atoms with Gasteiger partial charge in [0.2, 0.25) is 0 Å². The quantitative estimate of drug-likeness (QED) is 0.448. The van der Waals surface area contributed by atoms with Crippen molar-refractivity contribution in [2.75, 3.05) is 0 Å². The van der Waals surface area contributed by atoms with Crippen LogP contribution in [0, 0.1) is 5.92 Å². The van der Waals surface area contributed by atoms with Gasteiger partial charge in [-0.25, -0.2) is 0 Å². The lowest BCUT2D eigenvalue weighted by Gasteiger charge is -2.31. The Kier molecular flexibility index (Phi) is 4.88. The van der Waals surface area contributed by atoms with Gasteiger partial charge in [0, 0.05) is 21.8 Å². The third kappa shape index (κ3) is 3.45. The topological polar surface area (TPSA) is 12.4 Å². The summed E-state index contributed by atoms with van der Waals surface area (Å²) >= 11 is 1.98. The summed E-state index contributed by atoms with van der Waals surface area (Å²) in [5.74, 6) is 0.448. The van der Waals surface area contributed by atoms with Gasteiger partial charge in [-0.3, -0.25) is 4.99 Å². The fourth-order valence-corrected chi connectivity index (χ4v) is 5.69. The fraction of sp³-hybridized carbons (Fsp3) is 0.192. The molecule has 0 spiro atoms. The Labute approximate surface area is 171 Å². The minimum absolute atomic E-state index is 0.406. The molecule has 1 aliphatic heterocycles. The van der Waals surface area contributed by atoms with Crippen molar-refractivity contribution >= 4 is 29.2 Å². The van der Waals surface area contributed by atoms with Crippen LogP contribution in [0.2, 0.25) is 0 Å². The number of aliphatic imine (C=N–C) groups is 1. The number of fused-ring (bicyclic) bond motifs is 2. The van der Waals surface area contributed by atoms with Gasteiger partial charge in [-0.05, 0) is 54.2 Å². The van der Waals surface area contributed by atoms with E-state index >= 15 is 0 Å². The van der Waals surface area contributed by atoms with Gasteiger partial charge in [-0.2, -0.15) is 0 Å². The lowest BCUT2D eigenvalue weighted by Crippen LogP contribution is -2.25. The number of para-hydroxylation sites is 1. The first kappa shape index (κ1) is 17.5.